The van der Waals surface area contributed by atoms with Crippen LogP contribution in [0.15, 0.2) is 33.7 Å². The van der Waals surface area contributed by atoms with Crippen molar-refractivity contribution in [3.8, 4) is 0 Å². The van der Waals surface area contributed by atoms with E-state index in [4.69, 9.17) is 14.2 Å². The van der Waals surface area contributed by atoms with Gasteiger partial charge in [0.2, 0.25) is 0 Å². The van der Waals surface area contributed by atoms with E-state index in [1.54, 1.807) is 65.8 Å². The van der Waals surface area contributed by atoms with Gasteiger partial charge in [-0.1, -0.05) is 47.7 Å². The first-order valence-corrected chi connectivity index (χ1v) is 15.1. The Labute approximate surface area is 201 Å². The summed E-state index contributed by atoms with van der Waals surface area (Å²) in [5, 5.41) is 0. The van der Waals surface area contributed by atoms with Gasteiger partial charge in [-0.15, -0.1) is 0 Å². The molecule has 0 fully saturated rings. The number of amidine groups is 1. The molecule has 0 atom stereocenters. The molecule has 0 spiro atoms. The molecule has 0 heterocycles. The van der Waals surface area contributed by atoms with E-state index in [1.165, 1.54) is 4.90 Å². The summed E-state index contributed by atoms with van der Waals surface area (Å²) in [6, 6.07) is 8.06. The highest BCUT2D eigenvalue weighted by molar-refractivity contribution is 9.10. The van der Waals surface area contributed by atoms with Crippen molar-refractivity contribution in [2.75, 3.05) is 13.3 Å². The van der Waals surface area contributed by atoms with E-state index in [1.807, 2.05) is 0 Å². The van der Waals surface area contributed by atoms with E-state index in [-0.39, 0.29) is 12.6 Å². The molecule has 0 saturated heterocycles. The van der Waals surface area contributed by atoms with Crippen LogP contribution in [0.25, 0.3) is 0 Å². The first kappa shape index (κ1) is 28.3. The van der Waals surface area contributed by atoms with E-state index >= 15 is 0 Å². The summed E-state index contributed by atoms with van der Waals surface area (Å²) >= 11 is 3.40. The van der Waals surface area contributed by atoms with Gasteiger partial charge in [-0.2, -0.15) is 4.99 Å². The Bertz CT molecular complexity index is 806. The summed E-state index contributed by atoms with van der Waals surface area (Å²) in [6.45, 7) is 17.7. The standard InChI is InChI=1S/C23H37BrN2O5Si/c1-22(2,3)30-20(27)25-19(17-10-12-18(24)13-11-17)26(21(28)31-23(4,5)6)16-29-14-15-32(7,8)9/h10-13H,14-16H2,1-9H3/b25-19+. The monoisotopic (exact) mass is 528 g/mol. The molecule has 0 aliphatic rings. The normalized spacial score (nSPS) is 13.0. The second-order valence-corrected chi connectivity index (χ2v) is 17.2. The predicted molar refractivity (Wildman–Crippen MR) is 134 cm³/mol. The summed E-state index contributed by atoms with van der Waals surface area (Å²) in [4.78, 5) is 31.0. The van der Waals surface area contributed by atoms with E-state index in [2.05, 4.69) is 40.6 Å². The fourth-order valence-electron chi connectivity index (χ4n) is 2.30. The molecular formula is C23H37BrN2O5Si. The largest absolute Gasteiger partial charge is 0.443 e. The maximum absolute atomic E-state index is 13.1. The predicted octanol–water partition coefficient (Wildman–Crippen LogP) is 6.68. The second-order valence-electron chi connectivity index (χ2n) is 10.7. The Morgan fingerprint density at radius 2 is 1.50 bits per heavy atom. The Hall–Kier alpha value is -1.71. The number of aliphatic imine (C=N–C) groups is 1. The molecule has 0 saturated carbocycles. The van der Waals surface area contributed by atoms with Gasteiger partial charge < -0.3 is 14.2 Å². The lowest BCUT2D eigenvalue weighted by Gasteiger charge is -2.28. The third kappa shape index (κ3) is 11.8. The zero-order chi connectivity index (χ0) is 24.7. The van der Waals surface area contributed by atoms with Crippen LogP contribution in [0.1, 0.15) is 47.1 Å². The van der Waals surface area contributed by atoms with Crippen molar-refractivity contribution in [2.45, 2.75) is 78.4 Å². The molecule has 0 aromatic heterocycles. The molecule has 0 unspecified atom stereocenters. The average molecular weight is 530 g/mol. The minimum absolute atomic E-state index is 0.100. The van der Waals surface area contributed by atoms with Crippen molar-refractivity contribution in [2.24, 2.45) is 4.99 Å². The summed E-state index contributed by atoms with van der Waals surface area (Å²) in [7, 11) is -1.31. The number of nitrogens with zero attached hydrogens (tertiary/aromatic N) is 2. The van der Waals surface area contributed by atoms with Gasteiger partial charge in [0.1, 0.15) is 17.9 Å². The number of benzene rings is 1. The van der Waals surface area contributed by atoms with Crippen LogP contribution in [0, 0.1) is 0 Å². The van der Waals surface area contributed by atoms with Gasteiger partial charge in [0, 0.05) is 24.7 Å². The number of hydrogen-bond acceptors (Lipinski definition) is 5. The highest BCUT2D eigenvalue weighted by Gasteiger charge is 2.29. The molecule has 0 radical (unpaired) electrons. The molecular weight excluding hydrogens is 492 g/mol. The number of amides is 2. The lowest BCUT2D eigenvalue weighted by atomic mass is 10.2. The fourth-order valence-corrected chi connectivity index (χ4v) is 3.32. The third-order valence-electron chi connectivity index (χ3n) is 3.78. The van der Waals surface area contributed by atoms with Crippen molar-refractivity contribution in [1.82, 2.24) is 4.90 Å². The summed E-state index contributed by atoms with van der Waals surface area (Å²) in [5.74, 6) is 0.106. The average Bonchev–Trinajstić information content (AvgIpc) is 2.57. The number of hydrogen-bond donors (Lipinski definition) is 0. The van der Waals surface area contributed by atoms with Gasteiger partial charge in [-0.05, 0) is 59.7 Å². The van der Waals surface area contributed by atoms with Crippen LogP contribution in [0.4, 0.5) is 9.59 Å². The fraction of sp³-hybridized carbons (Fsp3) is 0.609. The number of ether oxygens (including phenoxy) is 3. The number of halogens is 1. The second kappa shape index (κ2) is 11.4. The van der Waals surface area contributed by atoms with Crippen molar-refractivity contribution in [3.63, 3.8) is 0 Å². The van der Waals surface area contributed by atoms with Gasteiger partial charge >= 0.3 is 12.2 Å². The molecule has 180 valence electrons. The molecule has 7 nitrogen and oxygen atoms in total. The Morgan fingerprint density at radius 1 is 0.969 bits per heavy atom. The summed E-state index contributed by atoms with van der Waals surface area (Å²) in [5.41, 5.74) is -0.904. The highest BCUT2D eigenvalue weighted by atomic mass is 79.9. The first-order chi connectivity index (χ1) is 14.5. The SMILES string of the molecule is CC(C)(C)OC(=O)/N=C(\c1ccc(Br)cc1)N(COCC[Si](C)(C)C)C(=O)OC(C)(C)C. The first-order valence-electron chi connectivity index (χ1n) is 10.6. The van der Waals surface area contributed by atoms with Crippen molar-refractivity contribution >= 4 is 42.0 Å². The van der Waals surface area contributed by atoms with E-state index < -0.39 is 31.5 Å². The minimum atomic E-state index is -1.31. The minimum Gasteiger partial charge on any atom is -0.443 e. The molecule has 1 aromatic rings. The smallest absolute Gasteiger partial charge is 0.436 e. The molecule has 0 aliphatic carbocycles. The third-order valence-corrected chi connectivity index (χ3v) is 6.01. The number of carbonyl (C=O) groups is 2. The Kier molecular flexibility index (Phi) is 10.1. The van der Waals surface area contributed by atoms with Crippen LogP contribution in [0.5, 0.6) is 0 Å². The van der Waals surface area contributed by atoms with Gasteiger partial charge in [0.15, 0.2) is 5.84 Å². The molecule has 32 heavy (non-hydrogen) atoms. The Balaban J connectivity index is 3.34. The highest BCUT2D eigenvalue weighted by Crippen LogP contribution is 2.18. The van der Waals surface area contributed by atoms with E-state index in [9.17, 15) is 9.59 Å². The van der Waals surface area contributed by atoms with Crippen molar-refractivity contribution < 1.29 is 23.8 Å². The number of carbonyl (C=O) groups excluding carboxylic acids is 2. The van der Waals surface area contributed by atoms with Crippen LogP contribution in [0.2, 0.25) is 25.7 Å². The van der Waals surface area contributed by atoms with Crippen LogP contribution in [0.3, 0.4) is 0 Å². The van der Waals surface area contributed by atoms with Crippen molar-refractivity contribution in [3.05, 3.63) is 34.3 Å². The molecule has 0 N–H and O–H groups in total. The number of rotatable bonds is 6. The molecule has 1 rings (SSSR count). The molecule has 9 heteroatoms. The zero-order valence-electron chi connectivity index (χ0n) is 20.7. The molecule has 0 aliphatic heterocycles. The Morgan fingerprint density at radius 3 is 1.97 bits per heavy atom. The van der Waals surface area contributed by atoms with Gasteiger partial charge in [0.05, 0.1) is 0 Å². The van der Waals surface area contributed by atoms with E-state index in [0.29, 0.717) is 12.2 Å². The maximum atomic E-state index is 13.1. The lowest BCUT2D eigenvalue weighted by molar-refractivity contribution is 0.0105. The van der Waals surface area contributed by atoms with E-state index in [0.717, 1.165) is 10.5 Å². The molecule has 1 aromatic carbocycles. The molecule has 2 amide bonds. The summed E-state index contributed by atoms with van der Waals surface area (Å²) < 4.78 is 17.6. The van der Waals surface area contributed by atoms with Crippen LogP contribution < -0.4 is 0 Å². The van der Waals surface area contributed by atoms with Crippen LogP contribution >= 0.6 is 15.9 Å². The summed E-state index contributed by atoms with van der Waals surface area (Å²) in [6.07, 6.45) is -1.46. The maximum Gasteiger partial charge on any atom is 0.436 e. The molecule has 0 bridgehead atoms. The van der Waals surface area contributed by atoms with Crippen LogP contribution in [-0.4, -0.2) is 55.5 Å². The zero-order valence-corrected chi connectivity index (χ0v) is 23.3. The van der Waals surface area contributed by atoms with Crippen molar-refractivity contribution in [1.29, 1.82) is 0 Å². The van der Waals surface area contributed by atoms with Gasteiger partial charge in [0.25, 0.3) is 0 Å². The quantitative estimate of drug-likeness (QED) is 0.135. The van der Waals surface area contributed by atoms with Crippen LogP contribution in [-0.2, 0) is 14.2 Å². The topological polar surface area (TPSA) is 77.4 Å². The van der Waals surface area contributed by atoms with Gasteiger partial charge in [-0.3, -0.25) is 0 Å². The van der Waals surface area contributed by atoms with Gasteiger partial charge in [-0.25, -0.2) is 14.5 Å². The lowest BCUT2D eigenvalue weighted by Crippen LogP contribution is -2.43.